The van der Waals surface area contributed by atoms with Crippen LogP contribution in [0.25, 0.3) is 10.9 Å². The molecule has 0 unspecified atom stereocenters. The predicted molar refractivity (Wildman–Crippen MR) is 170 cm³/mol. The molecular weight excluding hydrogens is 558 g/mol. The summed E-state index contributed by atoms with van der Waals surface area (Å²) in [6, 6.07) is 21.9. The zero-order valence-electron chi connectivity index (χ0n) is 25.6. The van der Waals surface area contributed by atoms with E-state index in [2.05, 4.69) is 10.6 Å². The highest BCUT2D eigenvalue weighted by Gasteiger charge is 2.24. The van der Waals surface area contributed by atoms with Crippen LogP contribution in [0.15, 0.2) is 72.8 Å². The van der Waals surface area contributed by atoms with E-state index in [0.717, 1.165) is 59.3 Å². The molecule has 9 heteroatoms. The Balaban J connectivity index is 1.38. The van der Waals surface area contributed by atoms with Crippen molar-refractivity contribution in [2.24, 2.45) is 0 Å². The molecule has 0 saturated carbocycles. The van der Waals surface area contributed by atoms with Gasteiger partial charge in [0.15, 0.2) is 0 Å². The molecule has 1 heterocycles. The number of fused-ring (bicyclic) bond motifs is 1. The molecule has 0 aliphatic heterocycles. The lowest BCUT2D eigenvalue weighted by molar-refractivity contribution is -0.137. The number of carboxylic acid groups (broad SMARTS) is 1. The van der Waals surface area contributed by atoms with Gasteiger partial charge in [-0.3, -0.25) is 14.4 Å². The molecule has 0 aliphatic rings. The van der Waals surface area contributed by atoms with Gasteiger partial charge in [-0.1, -0.05) is 55.0 Å². The minimum absolute atomic E-state index is 0.202. The topological polar surface area (TPSA) is 119 Å². The van der Waals surface area contributed by atoms with Crippen LogP contribution < -0.4 is 20.1 Å². The number of ether oxygens (including phenoxy) is 2. The molecule has 4 aromatic rings. The number of nitrogens with one attached hydrogen (secondary N) is 2. The van der Waals surface area contributed by atoms with Crippen LogP contribution in [-0.2, 0) is 29.0 Å². The molecule has 3 aromatic carbocycles. The summed E-state index contributed by atoms with van der Waals surface area (Å²) in [5.41, 5.74) is 4.01. The van der Waals surface area contributed by atoms with Gasteiger partial charge >= 0.3 is 5.97 Å². The number of carboxylic acids is 1. The maximum absolute atomic E-state index is 13.5. The maximum Gasteiger partial charge on any atom is 0.323 e. The number of amides is 2. The summed E-state index contributed by atoms with van der Waals surface area (Å²) in [6.07, 6.45) is 4.34. The van der Waals surface area contributed by atoms with E-state index in [0.29, 0.717) is 24.9 Å². The van der Waals surface area contributed by atoms with Gasteiger partial charge in [0.2, 0.25) is 5.91 Å². The normalized spacial score (nSPS) is 11.6. The summed E-state index contributed by atoms with van der Waals surface area (Å²) >= 11 is 0. The second-order valence-corrected chi connectivity index (χ2v) is 10.9. The van der Waals surface area contributed by atoms with E-state index in [1.54, 1.807) is 32.4 Å². The minimum Gasteiger partial charge on any atom is -0.496 e. The van der Waals surface area contributed by atoms with Crippen molar-refractivity contribution in [3.63, 3.8) is 0 Å². The Morgan fingerprint density at radius 1 is 0.864 bits per heavy atom. The lowest BCUT2D eigenvalue weighted by Gasteiger charge is -2.19. The highest BCUT2D eigenvalue weighted by atomic mass is 16.5. The molecule has 1 atom stereocenters. The van der Waals surface area contributed by atoms with Crippen molar-refractivity contribution in [1.82, 2.24) is 15.2 Å². The van der Waals surface area contributed by atoms with Gasteiger partial charge in [0.1, 0.15) is 29.8 Å². The number of aryl methyl sites for hydroxylation is 2. The summed E-state index contributed by atoms with van der Waals surface area (Å²) in [7, 11) is 3.32. The third-order valence-electron chi connectivity index (χ3n) is 7.68. The minimum atomic E-state index is -1.06. The standard InChI is InChI=1S/C35H41N3O6/c1-24-20-31(43-2)27(32(21-24)44-3)15-8-5-11-19-36-34(41)28(18-17-25-12-6-4-7-13-25)37-35(42)30-22-26-14-9-10-16-29(26)38(30)23-33(39)40/h4,6-7,9-10,12-14,16,20-22,28H,5,8,11,15,17-19,23H2,1-3H3,(H,36,41)(H,37,42)(H,39,40)/t28-/m1/s1. The van der Waals surface area contributed by atoms with E-state index in [9.17, 15) is 19.5 Å². The van der Waals surface area contributed by atoms with Crippen LogP contribution >= 0.6 is 0 Å². The first kappa shape index (κ1) is 32.1. The molecule has 0 saturated heterocycles. The fraction of sp³-hybridized carbons (Fsp3) is 0.343. The lowest BCUT2D eigenvalue weighted by Crippen LogP contribution is -2.47. The van der Waals surface area contributed by atoms with Crippen molar-refractivity contribution in [2.45, 2.75) is 58.0 Å². The van der Waals surface area contributed by atoms with Gasteiger partial charge in [0.05, 0.1) is 14.2 Å². The average Bonchev–Trinajstić information content (AvgIpc) is 3.39. The van der Waals surface area contributed by atoms with E-state index in [1.807, 2.05) is 61.5 Å². The third kappa shape index (κ3) is 8.40. The van der Waals surface area contributed by atoms with Crippen LogP contribution in [0.4, 0.5) is 0 Å². The van der Waals surface area contributed by atoms with Crippen LogP contribution in [0.3, 0.4) is 0 Å². The number of carbonyl (C=O) groups excluding carboxylic acids is 2. The van der Waals surface area contributed by atoms with Gasteiger partial charge < -0.3 is 29.8 Å². The predicted octanol–water partition coefficient (Wildman–Crippen LogP) is 5.31. The van der Waals surface area contributed by atoms with Crippen molar-refractivity contribution < 1.29 is 29.0 Å². The Hall–Kier alpha value is -4.79. The number of para-hydroxylation sites is 1. The second kappa shape index (κ2) is 15.6. The molecule has 232 valence electrons. The molecule has 0 aliphatic carbocycles. The Labute approximate surface area is 258 Å². The van der Waals surface area contributed by atoms with Gasteiger partial charge in [-0.2, -0.15) is 0 Å². The van der Waals surface area contributed by atoms with Crippen LogP contribution in [0, 0.1) is 6.92 Å². The monoisotopic (exact) mass is 599 g/mol. The summed E-state index contributed by atoms with van der Waals surface area (Å²) < 4.78 is 12.6. The van der Waals surface area contributed by atoms with Crippen molar-refractivity contribution in [1.29, 1.82) is 0 Å². The number of methoxy groups -OCH3 is 2. The number of benzene rings is 3. The Morgan fingerprint density at radius 3 is 2.23 bits per heavy atom. The molecular formula is C35H41N3O6. The van der Waals surface area contributed by atoms with Crippen LogP contribution in [0.1, 0.15) is 52.9 Å². The molecule has 0 fully saturated rings. The van der Waals surface area contributed by atoms with Crippen molar-refractivity contribution in [3.8, 4) is 11.5 Å². The molecule has 0 bridgehead atoms. The fourth-order valence-electron chi connectivity index (χ4n) is 5.46. The Kier molecular flexibility index (Phi) is 11.4. The Morgan fingerprint density at radius 2 is 1.55 bits per heavy atom. The maximum atomic E-state index is 13.5. The first-order chi connectivity index (χ1) is 21.3. The first-order valence-corrected chi connectivity index (χ1v) is 14.9. The second-order valence-electron chi connectivity index (χ2n) is 10.9. The largest absolute Gasteiger partial charge is 0.496 e. The number of unbranched alkanes of at least 4 members (excludes halogenated alkanes) is 2. The number of hydrogen-bond donors (Lipinski definition) is 3. The van der Waals surface area contributed by atoms with Crippen LogP contribution in [0.5, 0.6) is 11.5 Å². The number of rotatable bonds is 16. The van der Waals surface area contributed by atoms with Gasteiger partial charge in [-0.25, -0.2) is 0 Å². The van der Waals surface area contributed by atoms with Gasteiger partial charge in [-0.15, -0.1) is 0 Å². The number of aliphatic carboxylic acids is 1. The number of carbonyl (C=O) groups is 3. The first-order valence-electron chi connectivity index (χ1n) is 14.9. The van der Waals surface area contributed by atoms with Gasteiger partial charge in [0, 0.05) is 23.0 Å². The van der Waals surface area contributed by atoms with Crippen LogP contribution in [0.2, 0.25) is 0 Å². The highest BCUT2D eigenvalue weighted by molar-refractivity contribution is 6.01. The lowest BCUT2D eigenvalue weighted by atomic mass is 10.0. The molecule has 0 spiro atoms. The quantitative estimate of drug-likeness (QED) is 0.150. The molecule has 1 aromatic heterocycles. The SMILES string of the molecule is COc1cc(C)cc(OC)c1CCCCCNC(=O)[C@@H](CCc1ccccc1)NC(=O)c1cc2ccccc2n1CC(=O)O. The fourth-order valence-corrected chi connectivity index (χ4v) is 5.46. The molecule has 4 rings (SSSR count). The molecule has 44 heavy (non-hydrogen) atoms. The molecule has 9 nitrogen and oxygen atoms in total. The van der Waals surface area contributed by atoms with Crippen molar-refractivity contribution in [2.75, 3.05) is 20.8 Å². The zero-order valence-corrected chi connectivity index (χ0v) is 25.6. The Bertz CT molecular complexity index is 1560. The molecule has 2 amide bonds. The highest BCUT2D eigenvalue weighted by Crippen LogP contribution is 2.31. The molecule has 3 N–H and O–H groups in total. The van der Waals surface area contributed by atoms with E-state index >= 15 is 0 Å². The number of aromatic nitrogens is 1. The van der Waals surface area contributed by atoms with Crippen molar-refractivity contribution in [3.05, 3.63) is 95.2 Å². The van der Waals surface area contributed by atoms with E-state index in [1.165, 1.54) is 4.57 Å². The summed E-state index contributed by atoms with van der Waals surface area (Å²) in [5, 5.41) is 16.1. The van der Waals surface area contributed by atoms with E-state index < -0.39 is 17.9 Å². The number of hydrogen-bond acceptors (Lipinski definition) is 5. The summed E-state index contributed by atoms with van der Waals surface area (Å²) in [4.78, 5) is 38.4. The third-order valence-corrected chi connectivity index (χ3v) is 7.68. The van der Waals surface area contributed by atoms with Crippen LogP contribution in [-0.4, -0.2) is 54.3 Å². The average molecular weight is 600 g/mol. The summed E-state index contributed by atoms with van der Waals surface area (Å²) in [5.74, 6) is -0.184. The zero-order chi connectivity index (χ0) is 31.5. The smallest absolute Gasteiger partial charge is 0.323 e. The molecule has 0 radical (unpaired) electrons. The van der Waals surface area contributed by atoms with E-state index in [-0.39, 0.29) is 18.1 Å². The summed E-state index contributed by atoms with van der Waals surface area (Å²) in [6.45, 7) is 2.11. The van der Waals surface area contributed by atoms with Gasteiger partial charge in [0.25, 0.3) is 5.91 Å². The van der Waals surface area contributed by atoms with E-state index in [4.69, 9.17) is 9.47 Å². The van der Waals surface area contributed by atoms with Gasteiger partial charge in [-0.05, 0) is 74.4 Å². The number of nitrogens with zero attached hydrogens (tertiary/aromatic N) is 1. The van der Waals surface area contributed by atoms with Crippen molar-refractivity contribution >= 4 is 28.7 Å².